The van der Waals surface area contributed by atoms with Gasteiger partial charge >= 0.3 is 6.18 Å². The molecule has 0 aliphatic rings. The first kappa shape index (κ1) is 15.9. The maximum absolute atomic E-state index is 12.9. The third-order valence-corrected chi connectivity index (χ3v) is 2.71. The van der Waals surface area contributed by atoms with Crippen LogP contribution in [0.4, 0.5) is 22.0 Å². The van der Waals surface area contributed by atoms with Crippen molar-refractivity contribution in [1.29, 1.82) is 0 Å². The average Bonchev–Trinajstić information content (AvgIpc) is 2.47. The molecule has 0 heterocycles. The van der Waals surface area contributed by atoms with Gasteiger partial charge in [0.1, 0.15) is 6.61 Å². The van der Waals surface area contributed by atoms with E-state index in [9.17, 15) is 22.0 Å². The van der Waals surface area contributed by atoms with Gasteiger partial charge in [0.2, 0.25) is 0 Å². The summed E-state index contributed by atoms with van der Waals surface area (Å²) >= 11 is 0. The van der Waals surface area contributed by atoms with Crippen LogP contribution in [0.2, 0.25) is 0 Å². The molecule has 0 aromatic heterocycles. The summed E-state index contributed by atoms with van der Waals surface area (Å²) in [4.78, 5) is 4.84. The smallest absolute Gasteiger partial charge is 0.391 e. The van der Waals surface area contributed by atoms with Crippen molar-refractivity contribution < 1.29 is 26.8 Å². The minimum absolute atomic E-state index is 0.132. The lowest BCUT2D eigenvalue weighted by Gasteiger charge is -2.06. The highest BCUT2D eigenvalue weighted by atomic mass is 19.4. The van der Waals surface area contributed by atoms with Crippen LogP contribution in [0.15, 0.2) is 47.6 Å². The Labute approximate surface area is 122 Å². The van der Waals surface area contributed by atoms with Gasteiger partial charge in [-0.1, -0.05) is 23.4 Å². The summed E-state index contributed by atoms with van der Waals surface area (Å²) in [7, 11) is 0. The van der Waals surface area contributed by atoms with E-state index in [-0.39, 0.29) is 12.2 Å². The lowest BCUT2D eigenvalue weighted by molar-refractivity contribution is -0.137. The van der Waals surface area contributed by atoms with Crippen molar-refractivity contribution in [3.05, 3.63) is 70.8 Å². The topological polar surface area (TPSA) is 21.6 Å². The number of halogens is 5. The van der Waals surface area contributed by atoms with Crippen LogP contribution in [0.25, 0.3) is 0 Å². The van der Waals surface area contributed by atoms with Crippen molar-refractivity contribution in [2.24, 2.45) is 5.16 Å². The van der Waals surface area contributed by atoms with Crippen LogP contribution < -0.4 is 0 Å². The average molecular weight is 315 g/mol. The third kappa shape index (κ3) is 4.28. The molecule has 0 bridgehead atoms. The van der Waals surface area contributed by atoms with Gasteiger partial charge in [0.05, 0.1) is 11.8 Å². The van der Waals surface area contributed by atoms with Crippen LogP contribution in [0.3, 0.4) is 0 Å². The molecule has 0 aliphatic carbocycles. The number of benzene rings is 2. The summed E-state index contributed by atoms with van der Waals surface area (Å²) in [5.74, 6) is -1.99. The van der Waals surface area contributed by atoms with E-state index in [1.165, 1.54) is 18.2 Å². The van der Waals surface area contributed by atoms with Gasteiger partial charge in [-0.15, -0.1) is 0 Å². The Hall–Kier alpha value is -2.44. The molecule has 0 saturated carbocycles. The molecule has 2 aromatic rings. The summed E-state index contributed by atoms with van der Waals surface area (Å²) in [6.07, 6.45) is -3.33. The standard InChI is InChI=1S/C15H10F5NO/c16-13-5-4-11(7-14(13)17)9-22-21-8-10-2-1-3-12(6-10)15(18,19)20/h1-8H,9H2. The summed E-state index contributed by atoms with van der Waals surface area (Å²) < 4.78 is 63.2. The molecule has 0 saturated heterocycles. The molecule has 0 N–H and O–H groups in total. The fourth-order valence-corrected chi connectivity index (χ4v) is 1.63. The maximum Gasteiger partial charge on any atom is 0.416 e. The number of oxime groups is 1. The summed E-state index contributed by atoms with van der Waals surface area (Å²) in [6, 6.07) is 7.76. The molecule has 116 valence electrons. The predicted molar refractivity (Wildman–Crippen MR) is 70.2 cm³/mol. The minimum Gasteiger partial charge on any atom is -0.391 e. The normalized spacial score (nSPS) is 11.9. The molecule has 0 amide bonds. The lowest BCUT2D eigenvalue weighted by atomic mass is 10.1. The van der Waals surface area contributed by atoms with Gasteiger partial charge in [0, 0.05) is 0 Å². The van der Waals surface area contributed by atoms with Crippen molar-refractivity contribution in [1.82, 2.24) is 0 Å². The van der Waals surface area contributed by atoms with Crippen LogP contribution in [-0.4, -0.2) is 6.21 Å². The molecule has 7 heteroatoms. The largest absolute Gasteiger partial charge is 0.416 e. The van der Waals surface area contributed by atoms with Crippen LogP contribution in [0, 0.1) is 11.6 Å². The van der Waals surface area contributed by atoms with Gasteiger partial charge in [-0.3, -0.25) is 0 Å². The first-order valence-corrected chi connectivity index (χ1v) is 6.13. The molecule has 0 spiro atoms. The summed E-state index contributed by atoms with van der Waals surface area (Å²) in [6.45, 7) is -0.132. The second kappa shape index (κ2) is 6.55. The highest BCUT2D eigenvalue weighted by molar-refractivity contribution is 5.79. The molecular weight excluding hydrogens is 305 g/mol. The van der Waals surface area contributed by atoms with Gasteiger partial charge in [0.15, 0.2) is 11.6 Å². The van der Waals surface area contributed by atoms with E-state index in [0.717, 1.165) is 30.5 Å². The van der Waals surface area contributed by atoms with Crippen molar-refractivity contribution in [2.75, 3.05) is 0 Å². The van der Waals surface area contributed by atoms with E-state index in [2.05, 4.69) is 5.16 Å². The monoisotopic (exact) mass is 315 g/mol. The maximum atomic E-state index is 12.9. The van der Waals surface area contributed by atoms with E-state index in [0.29, 0.717) is 5.56 Å². The Bertz CT molecular complexity index is 682. The van der Waals surface area contributed by atoms with Gasteiger partial charge in [0.25, 0.3) is 0 Å². The fourth-order valence-electron chi connectivity index (χ4n) is 1.63. The van der Waals surface area contributed by atoms with Crippen LogP contribution in [-0.2, 0) is 17.6 Å². The van der Waals surface area contributed by atoms with Gasteiger partial charge in [-0.2, -0.15) is 13.2 Å². The number of alkyl halides is 3. The van der Waals surface area contributed by atoms with Crippen molar-refractivity contribution in [3.63, 3.8) is 0 Å². The number of rotatable bonds is 4. The van der Waals surface area contributed by atoms with Crippen molar-refractivity contribution in [2.45, 2.75) is 12.8 Å². The Balaban J connectivity index is 1.96. The fraction of sp³-hybridized carbons (Fsp3) is 0.133. The van der Waals surface area contributed by atoms with E-state index in [4.69, 9.17) is 4.84 Å². The zero-order chi connectivity index (χ0) is 16.2. The Kier molecular flexibility index (Phi) is 4.75. The third-order valence-electron chi connectivity index (χ3n) is 2.71. The second-order valence-corrected chi connectivity index (χ2v) is 4.38. The van der Waals surface area contributed by atoms with Crippen molar-refractivity contribution >= 4 is 6.21 Å². The Morgan fingerprint density at radius 3 is 2.45 bits per heavy atom. The predicted octanol–water partition coefficient (Wildman–Crippen LogP) is 4.53. The van der Waals surface area contributed by atoms with E-state index in [1.54, 1.807) is 0 Å². The SMILES string of the molecule is Fc1ccc(CON=Cc2cccc(C(F)(F)F)c2)cc1F. The van der Waals surface area contributed by atoms with E-state index in [1.807, 2.05) is 0 Å². The zero-order valence-corrected chi connectivity index (χ0v) is 11.1. The van der Waals surface area contributed by atoms with Crippen LogP contribution in [0.5, 0.6) is 0 Å². The molecular formula is C15H10F5NO. The van der Waals surface area contributed by atoms with Crippen LogP contribution >= 0.6 is 0 Å². The van der Waals surface area contributed by atoms with E-state index >= 15 is 0 Å². The quantitative estimate of drug-likeness (QED) is 0.461. The molecule has 2 aromatic carbocycles. The van der Waals surface area contributed by atoms with E-state index < -0.39 is 23.4 Å². The molecule has 22 heavy (non-hydrogen) atoms. The number of nitrogens with zero attached hydrogens (tertiary/aromatic N) is 1. The highest BCUT2D eigenvalue weighted by Gasteiger charge is 2.30. The summed E-state index contributed by atoms with van der Waals surface area (Å²) in [5, 5.41) is 3.50. The van der Waals surface area contributed by atoms with Crippen LogP contribution in [0.1, 0.15) is 16.7 Å². The Morgan fingerprint density at radius 1 is 1.00 bits per heavy atom. The van der Waals surface area contributed by atoms with Gasteiger partial charge in [-0.25, -0.2) is 8.78 Å². The molecule has 0 aliphatic heterocycles. The highest BCUT2D eigenvalue weighted by Crippen LogP contribution is 2.29. The minimum atomic E-state index is -4.43. The molecule has 0 atom stereocenters. The summed E-state index contributed by atoms with van der Waals surface area (Å²) in [5.41, 5.74) is -0.239. The number of hydrogen-bond donors (Lipinski definition) is 0. The molecule has 0 radical (unpaired) electrons. The van der Waals surface area contributed by atoms with Gasteiger partial charge in [-0.05, 0) is 35.4 Å². The number of hydrogen-bond acceptors (Lipinski definition) is 2. The first-order chi connectivity index (χ1) is 10.4. The molecule has 0 unspecified atom stereocenters. The zero-order valence-electron chi connectivity index (χ0n) is 11.1. The Morgan fingerprint density at radius 2 is 1.77 bits per heavy atom. The molecule has 2 nitrogen and oxygen atoms in total. The molecule has 0 fully saturated rings. The molecule has 2 rings (SSSR count). The second-order valence-electron chi connectivity index (χ2n) is 4.38. The lowest BCUT2D eigenvalue weighted by Crippen LogP contribution is -2.05. The van der Waals surface area contributed by atoms with Crippen molar-refractivity contribution in [3.8, 4) is 0 Å². The first-order valence-electron chi connectivity index (χ1n) is 6.13. The van der Waals surface area contributed by atoms with Gasteiger partial charge < -0.3 is 4.84 Å².